The van der Waals surface area contributed by atoms with Crippen LogP contribution in [0.15, 0.2) is 17.0 Å². The summed E-state index contributed by atoms with van der Waals surface area (Å²) in [6, 6.07) is 0. The topological polar surface area (TPSA) is 108 Å². The first kappa shape index (κ1) is 14.3. The molecule has 22 heavy (non-hydrogen) atoms. The predicted molar refractivity (Wildman–Crippen MR) is 83.5 cm³/mol. The van der Waals surface area contributed by atoms with E-state index < -0.39 is 0 Å². The van der Waals surface area contributed by atoms with Crippen molar-refractivity contribution in [3.63, 3.8) is 0 Å². The molecule has 3 N–H and O–H groups in total. The number of anilines is 2. The van der Waals surface area contributed by atoms with E-state index in [9.17, 15) is 0 Å². The molecule has 0 atom stereocenters. The molecule has 0 amide bonds. The van der Waals surface area contributed by atoms with E-state index >= 15 is 0 Å². The van der Waals surface area contributed by atoms with E-state index in [0.717, 1.165) is 30.8 Å². The van der Waals surface area contributed by atoms with Crippen molar-refractivity contribution in [1.29, 1.82) is 0 Å². The number of hydrogen-bond acceptors (Lipinski definition) is 7. The zero-order valence-electron chi connectivity index (χ0n) is 12.7. The van der Waals surface area contributed by atoms with Crippen LogP contribution in [0, 0.1) is 6.92 Å². The third-order valence-corrected chi connectivity index (χ3v) is 3.41. The lowest BCUT2D eigenvalue weighted by atomic mass is 10.3. The van der Waals surface area contributed by atoms with Crippen LogP contribution in [0.1, 0.15) is 31.2 Å². The van der Waals surface area contributed by atoms with Crippen LogP contribution in [0.5, 0.6) is 0 Å². The number of nitrogens with zero attached hydrogens (tertiary/aromatic N) is 5. The highest BCUT2D eigenvalue weighted by Gasteiger charge is 2.12. The molecule has 3 aromatic heterocycles. The standard InChI is InChI=1S/C14H19N7O/c1-3-4-5-16-13-12-11(18-14(15)19-13)7-21(20-12)6-10-9(2)22-8-17-10/h7-8H,3-6H2,1-2H3,(H3,15,16,18,19). The van der Waals surface area contributed by atoms with Gasteiger partial charge in [0.25, 0.3) is 0 Å². The zero-order chi connectivity index (χ0) is 15.5. The normalized spacial score (nSPS) is 11.2. The molecule has 0 aliphatic heterocycles. The van der Waals surface area contributed by atoms with Crippen LogP contribution in [0.4, 0.5) is 11.8 Å². The Kier molecular flexibility index (Phi) is 3.90. The second kappa shape index (κ2) is 6.00. The van der Waals surface area contributed by atoms with Crippen molar-refractivity contribution in [2.75, 3.05) is 17.6 Å². The zero-order valence-corrected chi connectivity index (χ0v) is 12.7. The van der Waals surface area contributed by atoms with Gasteiger partial charge in [0, 0.05) is 6.54 Å². The maximum atomic E-state index is 5.77. The van der Waals surface area contributed by atoms with E-state index in [0.29, 0.717) is 23.4 Å². The van der Waals surface area contributed by atoms with Crippen molar-refractivity contribution in [3.05, 3.63) is 24.0 Å². The van der Waals surface area contributed by atoms with E-state index in [4.69, 9.17) is 10.2 Å². The summed E-state index contributed by atoms with van der Waals surface area (Å²) < 4.78 is 6.98. The lowest BCUT2D eigenvalue weighted by molar-refractivity contribution is 0.522. The predicted octanol–water partition coefficient (Wildman–Crippen LogP) is 1.97. The third-order valence-electron chi connectivity index (χ3n) is 3.41. The lowest BCUT2D eigenvalue weighted by Crippen LogP contribution is -2.06. The molecule has 8 heteroatoms. The van der Waals surface area contributed by atoms with Crippen LogP contribution in [0.25, 0.3) is 11.0 Å². The lowest BCUT2D eigenvalue weighted by Gasteiger charge is -2.05. The second-order valence-electron chi connectivity index (χ2n) is 5.13. The maximum absolute atomic E-state index is 5.77. The number of nitrogen functional groups attached to an aromatic ring is 1. The van der Waals surface area contributed by atoms with Gasteiger partial charge in [-0.15, -0.1) is 0 Å². The fraction of sp³-hybridized carbons (Fsp3) is 0.429. The van der Waals surface area contributed by atoms with Crippen LogP contribution < -0.4 is 11.1 Å². The molecule has 0 fully saturated rings. The van der Waals surface area contributed by atoms with E-state index in [1.54, 1.807) is 4.68 Å². The molecule has 116 valence electrons. The van der Waals surface area contributed by atoms with Gasteiger partial charge in [-0.3, -0.25) is 4.68 Å². The number of hydrogen-bond donors (Lipinski definition) is 2. The summed E-state index contributed by atoms with van der Waals surface area (Å²) in [5, 5.41) is 7.81. The van der Waals surface area contributed by atoms with Crippen molar-refractivity contribution in [2.45, 2.75) is 33.2 Å². The minimum absolute atomic E-state index is 0.240. The van der Waals surface area contributed by atoms with E-state index in [-0.39, 0.29) is 5.95 Å². The summed E-state index contributed by atoms with van der Waals surface area (Å²) in [5.74, 6) is 1.70. The van der Waals surface area contributed by atoms with Crippen LogP contribution in [-0.2, 0) is 6.54 Å². The van der Waals surface area contributed by atoms with Gasteiger partial charge < -0.3 is 15.5 Å². The second-order valence-corrected chi connectivity index (χ2v) is 5.13. The third kappa shape index (κ3) is 2.85. The molecule has 0 unspecified atom stereocenters. The monoisotopic (exact) mass is 301 g/mol. The molecule has 0 aliphatic carbocycles. The number of nitrogens with two attached hydrogens (primary N) is 1. The number of fused-ring (bicyclic) bond motifs is 1. The molecule has 0 saturated carbocycles. The number of aromatic nitrogens is 5. The van der Waals surface area contributed by atoms with Gasteiger partial charge in [-0.2, -0.15) is 10.1 Å². The molecule has 0 saturated heterocycles. The first-order valence-electron chi connectivity index (χ1n) is 7.31. The van der Waals surface area contributed by atoms with Gasteiger partial charge in [0.1, 0.15) is 17.0 Å². The molecule has 0 radical (unpaired) electrons. The molecule has 3 heterocycles. The first-order valence-corrected chi connectivity index (χ1v) is 7.31. The molecular formula is C14H19N7O. The maximum Gasteiger partial charge on any atom is 0.222 e. The van der Waals surface area contributed by atoms with Crippen LogP contribution in [-0.4, -0.2) is 31.3 Å². The quantitative estimate of drug-likeness (QED) is 0.670. The molecule has 3 rings (SSSR count). The minimum atomic E-state index is 0.240. The van der Waals surface area contributed by atoms with Gasteiger partial charge in [0.05, 0.1) is 12.7 Å². The fourth-order valence-corrected chi connectivity index (χ4v) is 2.20. The van der Waals surface area contributed by atoms with Crippen LogP contribution in [0.3, 0.4) is 0 Å². The number of nitrogens with one attached hydrogen (secondary N) is 1. The van der Waals surface area contributed by atoms with Gasteiger partial charge >= 0.3 is 0 Å². The fourth-order valence-electron chi connectivity index (χ4n) is 2.20. The van der Waals surface area contributed by atoms with Crippen molar-refractivity contribution in [1.82, 2.24) is 24.7 Å². The van der Waals surface area contributed by atoms with Gasteiger partial charge in [-0.25, -0.2) is 9.97 Å². The Morgan fingerprint density at radius 3 is 2.95 bits per heavy atom. The van der Waals surface area contributed by atoms with Crippen molar-refractivity contribution in [3.8, 4) is 0 Å². The first-order chi connectivity index (χ1) is 10.7. The van der Waals surface area contributed by atoms with E-state index in [1.807, 2.05) is 13.1 Å². The summed E-state index contributed by atoms with van der Waals surface area (Å²) in [7, 11) is 0. The van der Waals surface area contributed by atoms with Crippen molar-refractivity contribution in [2.24, 2.45) is 0 Å². The average Bonchev–Trinajstić information content (AvgIpc) is 3.06. The number of rotatable bonds is 6. The Labute approximate surface area is 127 Å². The molecule has 0 bridgehead atoms. The largest absolute Gasteiger partial charge is 0.448 e. The molecular weight excluding hydrogens is 282 g/mol. The molecule has 0 aliphatic rings. The van der Waals surface area contributed by atoms with Crippen molar-refractivity contribution < 1.29 is 4.42 Å². The Hall–Kier alpha value is -2.64. The van der Waals surface area contributed by atoms with E-state index in [2.05, 4.69) is 32.3 Å². The van der Waals surface area contributed by atoms with Crippen molar-refractivity contribution >= 4 is 22.8 Å². The summed E-state index contributed by atoms with van der Waals surface area (Å²) >= 11 is 0. The minimum Gasteiger partial charge on any atom is -0.448 e. The summed E-state index contributed by atoms with van der Waals surface area (Å²) in [4.78, 5) is 12.7. The van der Waals surface area contributed by atoms with E-state index in [1.165, 1.54) is 6.39 Å². The highest BCUT2D eigenvalue weighted by atomic mass is 16.3. The van der Waals surface area contributed by atoms with Gasteiger partial charge in [-0.05, 0) is 13.3 Å². The number of unbranched alkanes of at least 4 members (excludes halogenated alkanes) is 1. The van der Waals surface area contributed by atoms with Crippen LogP contribution in [0.2, 0.25) is 0 Å². The Balaban J connectivity index is 1.91. The SMILES string of the molecule is CCCCNc1nc(N)nc2cn(Cc3ncoc3C)nc12. The molecule has 3 aromatic rings. The van der Waals surface area contributed by atoms with Crippen LogP contribution >= 0.6 is 0 Å². The highest BCUT2D eigenvalue weighted by molar-refractivity contribution is 5.85. The summed E-state index contributed by atoms with van der Waals surface area (Å²) in [5.41, 5.74) is 8.04. The number of aryl methyl sites for hydroxylation is 1. The molecule has 0 aromatic carbocycles. The molecule has 8 nitrogen and oxygen atoms in total. The number of oxazole rings is 1. The molecule has 0 spiro atoms. The Bertz CT molecular complexity index is 777. The summed E-state index contributed by atoms with van der Waals surface area (Å²) in [6.07, 6.45) is 5.44. The van der Waals surface area contributed by atoms with Gasteiger partial charge in [-0.1, -0.05) is 13.3 Å². The Morgan fingerprint density at radius 2 is 2.23 bits per heavy atom. The smallest absolute Gasteiger partial charge is 0.222 e. The van der Waals surface area contributed by atoms with Gasteiger partial charge in [0.15, 0.2) is 17.7 Å². The average molecular weight is 301 g/mol. The highest BCUT2D eigenvalue weighted by Crippen LogP contribution is 2.20. The Morgan fingerprint density at radius 1 is 1.36 bits per heavy atom. The summed E-state index contributed by atoms with van der Waals surface area (Å²) in [6.45, 7) is 5.37. The van der Waals surface area contributed by atoms with Gasteiger partial charge in [0.2, 0.25) is 5.95 Å².